The number of halogens is 1. The van der Waals surface area contributed by atoms with Crippen LogP contribution in [0.3, 0.4) is 0 Å². The Labute approximate surface area is 144 Å². The maximum atomic E-state index is 8.90. The molecule has 0 saturated carbocycles. The Hall–Kier alpha value is -3.04. The monoisotopic (exact) mass is 339 g/mol. The number of nitrogens with one attached hydrogen (secondary N) is 1. The van der Waals surface area contributed by atoms with Crippen LogP contribution in [0.1, 0.15) is 11.1 Å². The fourth-order valence-electron chi connectivity index (χ4n) is 2.17. The quantitative estimate of drug-likeness (QED) is 0.518. The van der Waals surface area contributed by atoms with E-state index in [9.17, 15) is 0 Å². The van der Waals surface area contributed by atoms with E-state index in [4.69, 9.17) is 21.6 Å². The molecule has 120 valence electrons. The summed E-state index contributed by atoms with van der Waals surface area (Å²) in [6, 6.07) is 14.9. The summed E-state index contributed by atoms with van der Waals surface area (Å²) >= 11 is 6.05. The van der Waals surface area contributed by atoms with Crippen molar-refractivity contribution >= 4 is 23.5 Å². The van der Waals surface area contributed by atoms with E-state index in [0.717, 1.165) is 11.1 Å². The van der Waals surface area contributed by atoms with Crippen molar-refractivity contribution in [1.29, 1.82) is 5.26 Å². The van der Waals surface area contributed by atoms with Gasteiger partial charge in [0.25, 0.3) is 0 Å². The van der Waals surface area contributed by atoms with Gasteiger partial charge in [-0.05, 0) is 42.8 Å². The summed E-state index contributed by atoms with van der Waals surface area (Å²) in [6.45, 7) is 2.21. The largest absolute Gasteiger partial charge is 0.424 e. The second kappa shape index (κ2) is 7.02. The smallest absolute Gasteiger partial charge is 0.329 e. The number of hydrogen-bond donors (Lipinski definition) is 1. The summed E-state index contributed by atoms with van der Waals surface area (Å²) < 4.78 is 5.66. The van der Waals surface area contributed by atoms with E-state index in [1.165, 1.54) is 0 Å². The molecule has 6 nitrogen and oxygen atoms in total. The summed E-state index contributed by atoms with van der Waals surface area (Å²) in [5.41, 5.74) is 4.95. The van der Waals surface area contributed by atoms with Crippen molar-refractivity contribution < 1.29 is 4.74 Å². The van der Waals surface area contributed by atoms with E-state index in [-0.39, 0.29) is 12.7 Å². The molecule has 0 bridgehead atoms. The summed E-state index contributed by atoms with van der Waals surface area (Å²) in [5, 5.41) is 11.2. The third kappa shape index (κ3) is 3.47. The predicted octanol–water partition coefficient (Wildman–Crippen LogP) is 3.09. The van der Waals surface area contributed by atoms with Crippen molar-refractivity contribution in [3.05, 3.63) is 64.7 Å². The van der Waals surface area contributed by atoms with Gasteiger partial charge in [0.1, 0.15) is 18.3 Å². The van der Waals surface area contributed by atoms with Crippen molar-refractivity contribution in [3.63, 3.8) is 0 Å². The minimum atomic E-state index is 0.133. The van der Waals surface area contributed by atoms with E-state index >= 15 is 0 Å². The molecule has 1 aliphatic rings. The molecule has 7 heteroatoms. The molecule has 1 aliphatic heterocycles. The maximum Gasteiger partial charge on any atom is 0.329 e. The van der Waals surface area contributed by atoms with Crippen LogP contribution in [0.25, 0.3) is 0 Å². The third-order valence-electron chi connectivity index (χ3n) is 3.37. The Morgan fingerprint density at radius 3 is 2.83 bits per heavy atom. The predicted molar refractivity (Wildman–Crippen MR) is 92.7 cm³/mol. The Morgan fingerprint density at radius 2 is 2.12 bits per heavy atom. The molecular weight excluding hydrogens is 326 g/mol. The first-order chi connectivity index (χ1) is 11.7. The van der Waals surface area contributed by atoms with Gasteiger partial charge in [-0.2, -0.15) is 5.26 Å². The van der Waals surface area contributed by atoms with Crippen LogP contribution in [-0.2, 0) is 0 Å². The van der Waals surface area contributed by atoms with Gasteiger partial charge >= 0.3 is 6.02 Å². The standard InChI is InChI=1S/C17H14ClN5O/c1-12-9-13(7-8-15(12)18)16-21-11-23(22-16)17(20-10-19)24-14-5-3-2-4-6-14/h2-9H,11H2,1H3,(H,21,22). The number of ether oxygens (including phenoxy) is 1. The van der Waals surface area contributed by atoms with Crippen LogP contribution in [0, 0.1) is 18.4 Å². The fraction of sp³-hybridized carbons (Fsp3) is 0.118. The molecule has 0 aliphatic carbocycles. The summed E-state index contributed by atoms with van der Waals surface area (Å²) in [6.07, 6.45) is 1.75. The Bertz CT molecular complexity index is 842. The van der Waals surface area contributed by atoms with Crippen LogP contribution in [0.15, 0.2) is 58.5 Å². The van der Waals surface area contributed by atoms with Crippen molar-refractivity contribution in [3.8, 4) is 11.9 Å². The zero-order valence-electron chi connectivity index (χ0n) is 12.9. The number of nitriles is 1. The van der Waals surface area contributed by atoms with Crippen LogP contribution < -0.4 is 10.2 Å². The lowest BCUT2D eigenvalue weighted by molar-refractivity contribution is 0.335. The number of aryl methyl sites for hydroxylation is 1. The van der Waals surface area contributed by atoms with E-state index in [0.29, 0.717) is 16.6 Å². The Morgan fingerprint density at radius 1 is 1.33 bits per heavy atom. The summed E-state index contributed by atoms with van der Waals surface area (Å²) in [5.74, 6) is 1.25. The third-order valence-corrected chi connectivity index (χ3v) is 3.80. The van der Waals surface area contributed by atoms with E-state index in [2.05, 4.69) is 15.4 Å². The highest BCUT2D eigenvalue weighted by Crippen LogP contribution is 2.18. The minimum Gasteiger partial charge on any atom is -0.424 e. The Kier molecular flexibility index (Phi) is 4.64. The number of nitrogens with zero attached hydrogens (tertiary/aromatic N) is 4. The normalized spacial score (nSPS) is 14.0. The van der Waals surface area contributed by atoms with Gasteiger partial charge in [0, 0.05) is 10.6 Å². The number of hydrazine groups is 1. The van der Waals surface area contributed by atoms with Crippen LogP contribution in [0.2, 0.25) is 5.02 Å². The lowest BCUT2D eigenvalue weighted by Gasteiger charge is -2.19. The van der Waals surface area contributed by atoms with Gasteiger partial charge < -0.3 is 4.74 Å². The molecule has 0 aromatic heterocycles. The zero-order chi connectivity index (χ0) is 16.9. The average Bonchev–Trinajstić information content (AvgIpc) is 3.08. The molecular formula is C17H14ClN5O. The second-order valence-corrected chi connectivity index (χ2v) is 5.47. The van der Waals surface area contributed by atoms with Gasteiger partial charge in [0.05, 0.1) is 0 Å². The highest BCUT2D eigenvalue weighted by molar-refractivity contribution is 6.31. The van der Waals surface area contributed by atoms with Crippen LogP contribution in [0.4, 0.5) is 0 Å². The first-order valence-electron chi connectivity index (χ1n) is 7.22. The fourth-order valence-corrected chi connectivity index (χ4v) is 2.29. The topological polar surface area (TPSA) is 73.0 Å². The molecule has 0 spiro atoms. The highest BCUT2D eigenvalue weighted by atomic mass is 35.5. The number of benzene rings is 2. The highest BCUT2D eigenvalue weighted by Gasteiger charge is 2.22. The molecule has 3 rings (SSSR count). The molecule has 0 radical (unpaired) electrons. The molecule has 1 N–H and O–H groups in total. The minimum absolute atomic E-state index is 0.133. The number of amidine groups is 2. The average molecular weight is 340 g/mol. The van der Waals surface area contributed by atoms with Crippen LogP contribution in [0.5, 0.6) is 5.75 Å². The molecule has 24 heavy (non-hydrogen) atoms. The maximum absolute atomic E-state index is 8.90. The zero-order valence-corrected chi connectivity index (χ0v) is 13.7. The molecule has 0 saturated heterocycles. The van der Waals surface area contributed by atoms with Crippen LogP contribution in [-0.4, -0.2) is 23.5 Å². The van der Waals surface area contributed by atoms with Gasteiger partial charge in [0.15, 0.2) is 0 Å². The Balaban J connectivity index is 1.75. The van der Waals surface area contributed by atoms with E-state index in [1.54, 1.807) is 23.3 Å². The SMILES string of the molecule is Cc1cc(C2=NCN(C(=NC#N)Oc3ccccc3)N2)ccc1Cl. The van der Waals surface area contributed by atoms with Gasteiger partial charge in [-0.15, -0.1) is 4.99 Å². The molecule has 2 aromatic carbocycles. The van der Waals surface area contributed by atoms with E-state index < -0.39 is 0 Å². The van der Waals surface area contributed by atoms with Gasteiger partial charge in [-0.25, -0.2) is 10.0 Å². The van der Waals surface area contributed by atoms with Crippen LogP contribution >= 0.6 is 11.6 Å². The molecule has 0 amide bonds. The molecule has 2 aromatic rings. The molecule has 1 heterocycles. The van der Waals surface area contributed by atoms with Gasteiger partial charge in [-0.1, -0.05) is 29.8 Å². The lowest BCUT2D eigenvalue weighted by atomic mass is 10.1. The van der Waals surface area contributed by atoms with Gasteiger partial charge in [0.2, 0.25) is 6.19 Å². The second-order valence-electron chi connectivity index (χ2n) is 5.06. The van der Waals surface area contributed by atoms with Crippen molar-refractivity contribution in [1.82, 2.24) is 10.4 Å². The summed E-state index contributed by atoms with van der Waals surface area (Å²) in [4.78, 5) is 8.15. The summed E-state index contributed by atoms with van der Waals surface area (Å²) in [7, 11) is 0. The first kappa shape index (κ1) is 15.8. The molecule has 0 atom stereocenters. The lowest BCUT2D eigenvalue weighted by Crippen LogP contribution is -2.43. The van der Waals surface area contributed by atoms with Crippen molar-refractivity contribution in [2.24, 2.45) is 9.98 Å². The number of hydrogen-bond acceptors (Lipinski definition) is 5. The number of aliphatic imine (C=N–C) groups is 2. The number of para-hydroxylation sites is 1. The number of rotatable bonds is 2. The van der Waals surface area contributed by atoms with E-state index in [1.807, 2.05) is 43.3 Å². The van der Waals surface area contributed by atoms with Gasteiger partial charge in [-0.3, -0.25) is 5.43 Å². The molecule has 0 unspecified atom stereocenters. The first-order valence-corrected chi connectivity index (χ1v) is 7.60. The van der Waals surface area contributed by atoms with Crippen molar-refractivity contribution in [2.75, 3.05) is 6.67 Å². The molecule has 0 fully saturated rings. The van der Waals surface area contributed by atoms with Crippen molar-refractivity contribution in [2.45, 2.75) is 6.92 Å².